The van der Waals surface area contributed by atoms with Crippen LogP contribution in [-0.4, -0.2) is 33.5 Å². The van der Waals surface area contributed by atoms with E-state index in [0.29, 0.717) is 5.82 Å². The Labute approximate surface area is 119 Å². The van der Waals surface area contributed by atoms with Crippen LogP contribution in [-0.2, 0) is 5.41 Å². The number of amides is 2. The van der Waals surface area contributed by atoms with E-state index in [1.165, 1.54) is 0 Å². The lowest BCUT2D eigenvalue weighted by Gasteiger charge is -2.36. The van der Waals surface area contributed by atoms with Crippen molar-refractivity contribution in [3.05, 3.63) is 17.8 Å². The summed E-state index contributed by atoms with van der Waals surface area (Å²) in [5, 5.41) is 23.2. The molecule has 0 aromatic carbocycles. The molecule has 1 aliphatic rings. The van der Waals surface area contributed by atoms with Crippen LogP contribution < -0.4 is 10.6 Å². The minimum absolute atomic E-state index is 0.0682. The fraction of sp³-hybridized carbons (Fsp3) is 0.643. The van der Waals surface area contributed by atoms with Gasteiger partial charge >= 0.3 is 6.03 Å². The molecule has 1 fully saturated rings. The van der Waals surface area contributed by atoms with Crippen molar-refractivity contribution in [1.82, 2.24) is 15.5 Å². The minimum atomic E-state index is -0.723. The molecule has 0 unspecified atom stereocenters. The Hall–Kier alpha value is -1.69. The first-order valence-electron chi connectivity index (χ1n) is 6.90. The number of aromatic nitrogens is 2. The van der Waals surface area contributed by atoms with Gasteiger partial charge in [0.25, 0.3) is 0 Å². The Morgan fingerprint density at radius 3 is 2.50 bits per heavy atom. The van der Waals surface area contributed by atoms with Crippen molar-refractivity contribution in [2.24, 2.45) is 0 Å². The molecule has 1 aromatic heterocycles. The lowest BCUT2D eigenvalue weighted by molar-refractivity contribution is -0.0287. The fourth-order valence-electron chi connectivity index (χ4n) is 1.97. The number of urea groups is 1. The Morgan fingerprint density at radius 2 is 2.05 bits per heavy atom. The third-order valence-corrected chi connectivity index (χ3v) is 3.54. The zero-order valence-corrected chi connectivity index (χ0v) is 12.2. The summed E-state index contributed by atoms with van der Waals surface area (Å²) >= 11 is 0. The van der Waals surface area contributed by atoms with Crippen molar-refractivity contribution in [2.45, 2.75) is 51.0 Å². The van der Waals surface area contributed by atoms with E-state index in [-0.39, 0.29) is 18.0 Å². The smallest absolute Gasteiger partial charge is 0.320 e. The summed E-state index contributed by atoms with van der Waals surface area (Å²) in [6.07, 6.45) is 2.50. The zero-order chi connectivity index (χ0) is 14.8. The number of nitrogens with zero attached hydrogens (tertiary/aromatic N) is 2. The van der Waals surface area contributed by atoms with Crippen molar-refractivity contribution in [3.63, 3.8) is 0 Å². The molecule has 110 valence electrons. The van der Waals surface area contributed by atoms with Crippen LogP contribution in [0.25, 0.3) is 0 Å². The first-order chi connectivity index (χ1) is 9.28. The van der Waals surface area contributed by atoms with Crippen molar-refractivity contribution in [1.29, 1.82) is 0 Å². The summed E-state index contributed by atoms with van der Waals surface area (Å²) in [6.45, 7) is 6.43. The number of hydrogen-bond acceptors (Lipinski definition) is 4. The first-order valence-corrected chi connectivity index (χ1v) is 6.90. The maximum absolute atomic E-state index is 11.7. The molecule has 1 aromatic rings. The number of aliphatic hydroxyl groups is 1. The normalized spacial score (nSPS) is 17.2. The molecule has 0 atom stereocenters. The largest absolute Gasteiger partial charge is 0.388 e. The highest BCUT2D eigenvalue weighted by molar-refractivity contribution is 5.88. The molecule has 6 nitrogen and oxygen atoms in total. The van der Waals surface area contributed by atoms with Crippen LogP contribution in [0.5, 0.6) is 0 Å². The van der Waals surface area contributed by atoms with E-state index in [9.17, 15) is 9.90 Å². The SMILES string of the molecule is CC(C)(C)c1ccc(NC(=O)NCC2(O)CCC2)nn1. The average molecular weight is 278 g/mol. The number of carbonyl (C=O) groups is 1. The fourth-order valence-corrected chi connectivity index (χ4v) is 1.97. The Balaban J connectivity index is 1.85. The monoisotopic (exact) mass is 278 g/mol. The lowest BCUT2D eigenvalue weighted by atomic mass is 9.80. The quantitative estimate of drug-likeness (QED) is 0.787. The van der Waals surface area contributed by atoms with Crippen LogP contribution in [0.15, 0.2) is 12.1 Å². The van der Waals surface area contributed by atoms with Crippen LogP contribution in [0, 0.1) is 0 Å². The number of carbonyl (C=O) groups excluding carboxylic acids is 1. The van der Waals surface area contributed by atoms with Crippen molar-refractivity contribution in [3.8, 4) is 0 Å². The third-order valence-electron chi connectivity index (χ3n) is 3.54. The Kier molecular flexibility index (Phi) is 3.94. The van der Waals surface area contributed by atoms with Gasteiger partial charge in [0.05, 0.1) is 11.3 Å². The molecular formula is C14H22N4O2. The summed E-state index contributed by atoms with van der Waals surface area (Å²) in [4.78, 5) is 11.7. The molecule has 2 amide bonds. The van der Waals surface area contributed by atoms with Crippen LogP contribution in [0.2, 0.25) is 0 Å². The topological polar surface area (TPSA) is 87.1 Å². The molecule has 1 aliphatic carbocycles. The van der Waals surface area contributed by atoms with Gasteiger partial charge in [-0.25, -0.2) is 4.79 Å². The molecular weight excluding hydrogens is 256 g/mol. The first kappa shape index (κ1) is 14.7. The van der Waals surface area contributed by atoms with Crippen LogP contribution in [0.3, 0.4) is 0 Å². The van der Waals surface area contributed by atoms with Crippen LogP contribution >= 0.6 is 0 Å². The van der Waals surface area contributed by atoms with E-state index in [1.807, 2.05) is 6.07 Å². The van der Waals surface area contributed by atoms with Gasteiger partial charge in [-0.15, -0.1) is 5.10 Å². The van der Waals surface area contributed by atoms with E-state index in [0.717, 1.165) is 25.0 Å². The van der Waals surface area contributed by atoms with Gasteiger partial charge in [-0.05, 0) is 31.4 Å². The van der Waals surface area contributed by atoms with E-state index in [4.69, 9.17) is 0 Å². The van der Waals surface area contributed by atoms with E-state index in [2.05, 4.69) is 41.6 Å². The van der Waals surface area contributed by atoms with E-state index in [1.54, 1.807) is 6.07 Å². The van der Waals surface area contributed by atoms with Gasteiger partial charge in [0.1, 0.15) is 0 Å². The summed E-state index contributed by atoms with van der Waals surface area (Å²) in [7, 11) is 0. The summed E-state index contributed by atoms with van der Waals surface area (Å²) < 4.78 is 0. The van der Waals surface area contributed by atoms with E-state index < -0.39 is 5.60 Å². The standard InChI is InChI=1S/C14H22N4O2/c1-13(2,3)10-5-6-11(18-17-10)16-12(19)15-9-14(20)7-4-8-14/h5-6,20H,4,7-9H2,1-3H3,(H2,15,16,18,19). The molecule has 0 spiro atoms. The van der Waals surface area contributed by atoms with Crippen molar-refractivity contribution in [2.75, 3.05) is 11.9 Å². The molecule has 6 heteroatoms. The number of nitrogens with one attached hydrogen (secondary N) is 2. The zero-order valence-electron chi connectivity index (χ0n) is 12.2. The van der Waals surface area contributed by atoms with Gasteiger partial charge < -0.3 is 10.4 Å². The average Bonchev–Trinajstić information content (AvgIpc) is 2.33. The second kappa shape index (κ2) is 5.36. The lowest BCUT2D eigenvalue weighted by Crippen LogP contribution is -2.48. The van der Waals surface area contributed by atoms with Crippen LogP contribution in [0.1, 0.15) is 45.7 Å². The van der Waals surface area contributed by atoms with Crippen molar-refractivity contribution < 1.29 is 9.90 Å². The predicted octanol–water partition coefficient (Wildman–Crippen LogP) is 1.81. The molecule has 0 radical (unpaired) electrons. The number of hydrogen-bond donors (Lipinski definition) is 3. The van der Waals surface area contributed by atoms with Gasteiger partial charge in [0, 0.05) is 12.0 Å². The van der Waals surface area contributed by atoms with E-state index >= 15 is 0 Å². The van der Waals surface area contributed by atoms with Crippen LogP contribution in [0.4, 0.5) is 10.6 Å². The van der Waals surface area contributed by atoms with Gasteiger partial charge in [-0.2, -0.15) is 5.10 Å². The highest BCUT2D eigenvalue weighted by Crippen LogP contribution is 2.30. The maximum Gasteiger partial charge on any atom is 0.320 e. The summed E-state index contributed by atoms with van der Waals surface area (Å²) in [5.41, 5.74) is 0.0765. The molecule has 20 heavy (non-hydrogen) atoms. The maximum atomic E-state index is 11.7. The molecule has 0 aliphatic heterocycles. The molecule has 0 bridgehead atoms. The summed E-state index contributed by atoms with van der Waals surface area (Å²) in [5.74, 6) is 0.399. The highest BCUT2D eigenvalue weighted by Gasteiger charge is 2.34. The third kappa shape index (κ3) is 3.66. The number of rotatable bonds is 3. The van der Waals surface area contributed by atoms with Crippen molar-refractivity contribution >= 4 is 11.8 Å². The van der Waals surface area contributed by atoms with Gasteiger partial charge in [-0.1, -0.05) is 20.8 Å². The highest BCUT2D eigenvalue weighted by atomic mass is 16.3. The minimum Gasteiger partial charge on any atom is -0.388 e. The van der Waals surface area contributed by atoms with Gasteiger partial charge in [0.15, 0.2) is 5.82 Å². The Bertz CT molecular complexity index is 475. The number of anilines is 1. The Morgan fingerprint density at radius 1 is 1.35 bits per heavy atom. The van der Waals surface area contributed by atoms with Gasteiger partial charge in [0.2, 0.25) is 0 Å². The second-order valence-electron chi connectivity index (χ2n) is 6.44. The molecule has 1 saturated carbocycles. The van der Waals surface area contributed by atoms with Gasteiger partial charge in [-0.3, -0.25) is 5.32 Å². The molecule has 1 heterocycles. The second-order valence-corrected chi connectivity index (χ2v) is 6.44. The molecule has 3 N–H and O–H groups in total. The molecule has 2 rings (SSSR count). The molecule has 0 saturated heterocycles. The summed E-state index contributed by atoms with van der Waals surface area (Å²) in [6, 6.07) is 3.20. The predicted molar refractivity (Wildman–Crippen MR) is 76.6 cm³/mol.